The molecule has 0 aliphatic carbocycles. The molecule has 176 valence electrons. The van der Waals surface area contributed by atoms with Gasteiger partial charge in [-0.2, -0.15) is 26.3 Å². The Morgan fingerprint density at radius 3 is 2.27 bits per heavy atom. The third kappa shape index (κ3) is 4.79. The highest BCUT2D eigenvalue weighted by Crippen LogP contribution is 2.37. The third-order valence-electron chi connectivity index (χ3n) is 5.94. The summed E-state index contributed by atoms with van der Waals surface area (Å²) in [6, 6.07) is 8.61. The first-order valence-corrected chi connectivity index (χ1v) is 10.2. The smallest absolute Gasteiger partial charge is 0.416 e. The Kier molecular flexibility index (Phi) is 5.79. The number of aryl methyl sites for hydroxylation is 1. The van der Waals surface area contributed by atoms with Gasteiger partial charge >= 0.3 is 18.4 Å². The number of fused-ring (bicyclic) bond motifs is 1. The molecule has 4 rings (SSSR count). The van der Waals surface area contributed by atoms with Crippen molar-refractivity contribution in [2.45, 2.75) is 43.8 Å². The molecule has 1 aromatic heterocycles. The minimum atomic E-state index is -4.91. The van der Waals surface area contributed by atoms with E-state index in [2.05, 4.69) is 4.98 Å². The molecule has 1 fully saturated rings. The summed E-state index contributed by atoms with van der Waals surface area (Å²) in [5.74, 6) is 0. The number of nitrogens with one attached hydrogen (secondary N) is 1. The number of ether oxygens (including phenoxy) is 1. The lowest BCUT2D eigenvalue weighted by atomic mass is 9.94. The lowest BCUT2D eigenvalue weighted by Crippen LogP contribution is -2.35. The number of nitrogens with zero attached hydrogens (tertiary/aromatic N) is 1. The first-order valence-electron chi connectivity index (χ1n) is 10.2. The van der Waals surface area contributed by atoms with Crippen molar-refractivity contribution >= 4 is 17.0 Å². The molecule has 1 amide bonds. The van der Waals surface area contributed by atoms with Crippen molar-refractivity contribution in [3.63, 3.8) is 0 Å². The Morgan fingerprint density at radius 1 is 1.00 bits per heavy atom. The van der Waals surface area contributed by atoms with Crippen LogP contribution >= 0.6 is 0 Å². The quantitative estimate of drug-likeness (QED) is 0.452. The average Bonchev–Trinajstić information content (AvgIpc) is 3.26. The van der Waals surface area contributed by atoms with Crippen LogP contribution in [0.25, 0.3) is 10.9 Å². The van der Waals surface area contributed by atoms with Crippen LogP contribution in [0.2, 0.25) is 0 Å². The fraction of sp³-hybridized carbons (Fsp3) is 0.348. The zero-order valence-corrected chi connectivity index (χ0v) is 17.4. The second-order valence-electron chi connectivity index (χ2n) is 8.12. The zero-order chi connectivity index (χ0) is 24.0. The maximum atomic E-state index is 13.1. The van der Waals surface area contributed by atoms with Crippen LogP contribution in [-0.4, -0.2) is 35.2 Å². The molecule has 10 heteroatoms. The first kappa shape index (κ1) is 23.0. The fourth-order valence-electron chi connectivity index (χ4n) is 4.23. The molecule has 2 heterocycles. The highest BCUT2D eigenvalue weighted by Gasteiger charge is 2.40. The number of hydrogen-bond acceptors (Lipinski definition) is 2. The minimum Gasteiger partial charge on any atom is -0.444 e. The number of cyclic esters (lactones) is 1. The number of rotatable bonds is 5. The van der Waals surface area contributed by atoms with Crippen molar-refractivity contribution in [1.29, 1.82) is 0 Å². The number of carbonyl (C=O) groups excluding carboxylic acids is 1. The van der Waals surface area contributed by atoms with Gasteiger partial charge in [-0.15, -0.1) is 0 Å². The number of hydrogen-bond donors (Lipinski definition) is 1. The van der Waals surface area contributed by atoms with E-state index in [0.717, 1.165) is 28.6 Å². The number of aromatic nitrogens is 1. The van der Waals surface area contributed by atoms with Crippen molar-refractivity contribution in [2.75, 3.05) is 7.05 Å². The molecule has 33 heavy (non-hydrogen) atoms. The predicted molar refractivity (Wildman–Crippen MR) is 109 cm³/mol. The molecule has 2 unspecified atom stereocenters. The number of benzene rings is 2. The Hall–Kier alpha value is -3.17. The van der Waals surface area contributed by atoms with Crippen molar-refractivity contribution < 1.29 is 35.9 Å². The lowest BCUT2D eigenvalue weighted by Gasteiger charge is -2.22. The second kappa shape index (κ2) is 8.31. The van der Waals surface area contributed by atoms with Gasteiger partial charge in [0.05, 0.1) is 17.2 Å². The maximum absolute atomic E-state index is 13.1. The van der Waals surface area contributed by atoms with Gasteiger partial charge in [0.2, 0.25) is 0 Å². The number of amides is 1. The number of halogens is 6. The summed E-state index contributed by atoms with van der Waals surface area (Å²) >= 11 is 0. The van der Waals surface area contributed by atoms with Crippen LogP contribution in [0.5, 0.6) is 0 Å². The maximum Gasteiger partial charge on any atom is 0.416 e. The van der Waals surface area contributed by atoms with Gasteiger partial charge < -0.3 is 14.6 Å². The van der Waals surface area contributed by atoms with Crippen molar-refractivity contribution in [3.05, 3.63) is 70.9 Å². The van der Waals surface area contributed by atoms with Gasteiger partial charge in [-0.05, 0) is 48.2 Å². The summed E-state index contributed by atoms with van der Waals surface area (Å²) in [7, 11) is 1.51. The molecule has 1 saturated heterocycles. The van der Waals surface area contributed by atoms with Crippen LogP contribution in [0.1, 0.15) is 28.7 Å². The molecule has 0 spiro atoms. The first-order chi connectivity index (χ1) is 15.4. The zero-order valence-electron chi connectivity index (χ0n) is 17.4. The van der Waals surface area contributed by atoms with Crippen LogP contribution in [0.3, 0.4) is 0 Å². The van der Waals surface area contributed by atoms with E-state index in [1.54, 1.807) is 6.20 Å². The number of H-pyrrole nitrogens is 1. The van der Waals surface area contributed by atoms with E-state index in [1.165, 1.54) is 11.9 Å². The van der Waals surface area contributed by atoms with E-state index < -0.39 is 41.7 Å². The van der Waals surface area contributed by atoms with Crippen LogP contribution in [0, 0.1) is 0 Å². The summed E-state index contributed by atoms with van der Waals surface area (Å²) in [6.45, 7) is 0. The summed E-state index contributed by atoms with van der Waals surface area (Å²) < 4.78 is 84.4. The molecule has 1 aliphatic rings. The molecule has 1 N–H and O–H groups in total. The molecular formula is C23H20F6N2O2. The van der Waals surface area contributed by atoms with Crippen molar-refractivity contribution in [2.24, 2.45) is 0 Å². The topological polar surface area (TPSA) is 45.3 Å². The molecule has 3 aromatic rings. The fourth-order valence-corrected chi connectivity index (χ4v) is 4.23. The number of carbonyl (C=O) groups is 1. The van der Waals surface area contributed by atoms with Crippen molar-refractivity contribution in [1.82, 2.24) is 9.88 Å². The molecule has 0 bridgehead atoms. The van der Waals surface area contributed by atoms with Crippen LogP contribution in [-0.2, 0) is 29.9 Å². The van der Waals surface area contributed by atoms with E-state index in [0.29, 0.717) is 6.42 Å². The Morgan fingerprint density at radius 2 is 1.64 bits per heavy atom. The largest absolute Gasteiger partial charge is 0.444 e. The second-order valence-corrected chi connectivity index (χ2v) is 8.12. The molecule has 0 radical (unpaired) electrons. The van der Waals surface area contributed by atoms with Gasteiger partial charge in [-0.3, -0.25) is 0 Å². The van der Waals surface area contributed by atoms with E-state index >= 15 is 0 Å². The number of likely N-dealkylation sites (N-methyl/N-ethyl adjacent to an activating group) is 1. The normalized spacial score (nSPS) is 19.4. The summed E-state index contributed by atoms with van der Waals surface area (Å²) in [5, 5.41) is 0.953. The van der Waals surface area contributed by atoms with Crippen LogP contribution in [0.15, 0.2) is 48.7 Å². The standard InChI is InChI=1S/C23H20F6N2O2/c1-31-19(7-6-13-8-15(22(24,25)26)11-16(9-13)23(27,28)29)20(33-21(31)32)10-14-12-30-18-5-3-2-4-17(14)18/h2-5,8-9,11-12,19-20,30H,6-7,10H2,1H3. The highest BCUT2D eigenvalue weighted by molar-refractivity contribution is 5.83. The summed E-state index contributed by atoms with van der Waals surface area (Å²) in [6.07, 6.45) is -8.75. The number of para-hydroxylation sites is 1. The molecular weight excluding hydrogens is 450 g/mol. The lowest BCUT2D eigenvalue weighted by molar-refractivity contribution is -0.143. The van der Waals surface area contributed by atoms with Gasteiger partial charge in [0.1, 0.15) is 6.10 Å². The predicted octanol–water partition coefficient (Wildman–Crippen LogP) is 6.20. The van der Waals surface area contributed by atoms with Gasteiger partial charge in [-0.1, -0.05) is 18.2 Å². The van der Waals surface area contributed by atoms with E-state index in [9.17, 15) is 31.1 Å². The molecule has 2 aromatic carbocycles. The Labute approximate surface area is 185 Å². The van der Waals surface area contributed by atoms with Gasteiger partial charge in [0.25, 0.3) is 0 Å². The molecule has 0 saturated carbocycles. The highest BCUT2D eigenvalue weighted by atomic mass is 19.4. The number of aromatic amines is 1. The monoisotopic (exact) mass is 470 g/mol. The third-order valence-corrected chi connectivity index (χ3v) is 5.94. The average molecular weight is 470 g/mol. The van der Waals surface area contributed by atoms with Gasteiger partial charge in [0, 0.05) is 30.6 Å². The van der Waals surface area contributed by atoms with Crippen molar-refractivity contribution in [3.8, 4) is 0 Å². The van der Waals surface area contributed by atoms with Gasteiger partial charge in [0.15, 0.2) is 0 Å². The number of alkyl halides is 6. The summed E-state index contributed by atoms with van der Waals surface area (Å²) in [5.41, 5.74) is -0.993. The van der Waals surface area contributed by atoms with E-state index in [1.807, 2.05) is 24.3 Å². The Balaban J connectivity index is 1.56. The van der Waals surface area contributed by atoms with E-state index in [4.69, 9.17) is 4.74 Å². The Bertz CT molecular complexity index is 1140. The van der Waals surface area contributed by atoms with E-state index in [-0.39, 0.29) is 24.5 Å². The molecule has 2 atom stereocenters. The van der Waals surface area contributed by atoms with Crippen LogP contribution < -0.4 is 0 Å². The van der Waals surface area contributed by atoms with Gasteiger partial charge in [-0.25, -0.2) is 4.79 Å². The minimum absolute atomic E-state index is 0.0803. The van der Waals surface area contributed by atoms with Crippen LogP contribution in [0.4, 0.5) is 31.1 Å². The molecule has 1 aliphatic heterocycles. The SMILES string of the molecule is CN1C(=O)OC(Cc2c[nH]c3ccccc23)C1CCc1cc(C(F)(F)F)cc(C(F)(F)F)c1. The molecule has 4 nitrogen and oxygen atoms in total. The summed E-state index contributed by atoms with van der Waals surface area (Å²) in [4.78, 5) is 16.6.